The zero-order chi connectivity index (χ0) is 20.8. The van der Waals surface area contributed by atoms with Crippen molar-refractivity contribution in [2.75, 3.05) is 0 Å². The van der Waals surface area contributed by atoms with E-state index in [1.165, 1.54) is 5.56 Å². The van der Waals surface area contributed by atoms with Crippen molar-refractivity contribution in [3.8, 4) is 0 Å². The molecule has 6 N–H and O–H groups in total. The van der Waals surface area contributed by atoms with Crippen LogP contribution in [0.4, 0.5) is 0 Å². The van der Waals surface area contributed by atoms with Gasteiger partial charge in [-0.15, -0.1) is 0 Å². The van der Waals surface area contributed by atoms with Crippen molar-refractivity contribution in [2.24, 2.45) is 11.5 Å². The van der Waals surface area contributed by atoms with E-state index < -0.39 is 0 Å². The van der Waals surface area contributed by atoms with Gasteiger partial charge in [0.15, 0.2) is 0 Å². The molecule has 144 valence electrons. The predicted octanol–water partition coefficient (Wildman–Crippen LogP) is 4.90. The van der Waals surface area contributed by atoms with Gasteiger partial charge in [0, 0.05) is 11.1 Å². The van der Waals surface area contributed by atoms with Crippen molar-refractivity contribution in [1.82, 2.24) is 0 Å². The third-order valence-corrected chi connectivity index (χ3v) is 4.50. The summed E-state index contributed by atoms with van der Waals surface area (Å²) in [6.45, 7) is 2.08. The second-order valence-corrected chi connectivity index (χ2v) is 6.92. The standard InChI is InChI=1S/C25H24N4/c1-17-14-20(4-2-18-6-10-22(11-7-18)24(26)27)16-21(15-17)5-3-19-8-12-23(13-9-19)25(28)29/h2-16H,1H3,(H3,26,27)(H3,28,29)/b4-2+,5-3+. The Morgan fingerprint density at radius 2 is 0.931 bits per heavy atom. The lowest BCUT2D eigenvalue weighted by molar-refractivity contribution is 1.42. The Balaban J connectivity index is 1.76. The minimum atomic E-state index is 0.0755. The van der Waals surface area contributed by atoms with Crippen LogP contribution in [0.25, 0.3) is 24.3 Å². The lowest BCUT2D eigenvalue weighted by Crippen LogP contribution is -2.10. The first-order chi connectivity index (χ1) is 13.9. The number of hydrogen-bond donors (Lipinski definition) is 4. The molecule has 0 bridgehead atoms. The molecule has 0 fully saturated rings. The summed E-state index contributed by atoms with van der Waals surface area (Å²) in [6.07, 6.45) is 8.25. The zero-order valence-electron chi connectivity index (χ0n) is 16.3. The van der Waals surface area contributed by atoms with Crippen LogP contribution in [0.2, 0.25) is 0 Å². The lowest BCUT2D eigenvalue weighted by Gasteiger charge is -2.03. The van der Waals surface area contributed by atoms with Crippen LogP contribution in [0.15, 0.2) is 66.7 Å². The highest BCUT2D eigenvalue weighted by Crippen LogP contribution is 2.17. The normalized spacial score (nSPS) is 11.2. The molecular formula is C25H24N4. The highest BCUT2D eigenvalue weighted by molar-refractivity contribution is 5.95. The Bertz CT molecular complexity index is 1000. The summed E-state index contributed by atoms with van der Waals surface area (Å²) in [4.78, 5) is 0. The fraction of sp³-hybridized carbons (Fsp3) is 0.0400. The summed E-state index contributed by atoms with van der Waals surface area (Å²) in [5.41, 5.74) is 18.0. The predicted molar refractivity (Wildman–Crippen MR) is 124 cm³/mol. The topological polar surface area (TPSA) is 99.7 Å². The third-order valence-electron chi connectivity index (χ3n) is 4.50. The van der Waals surface area contributed by atoms with Crippen LogP contribution in [0.3, 0.4) is 0 Å². The maximum absolute atomic E-state index is 7.46. The molecule has 0 aliphatic heterocycles. The first-order valence-corrected chi connectivity index (χ1v) is 9.27. The number of rotatable bonds is 6. The first kappa shape index (κ1) is 19.8. The van der Waals surface area contributed by atoms with Gasteiger partial charge >= 0.3 is 0 Å². The smallest absolute Gasteiger partial charge is 0.122 e. The Labute approximate surface area is 171 Å². The number of nitrogen functional groups attached to an aromatic ring is 2. The van der Waals surface area contributed by atoms with Crippen molar-refractivity contribution in [1.29, 1.82) is 10.8 Å². The van der Waals surface area contributed by atoms with E-state index in [9.17, 15) is 0 Å². The molecule has 3 aromatic carbocycles. The lowest BCUT2D eigenvalue weighted by atomic mass is 10.0. The van der Waals surface area contributed by atoms with E-state index in [0.717, 1.165) is 33.4 Å². The molecule has 0 saturated carbocycles. The van der Waals surface area contributed by atoms with E-state index in [2.05, 4.69) is 37.3 Å². The van der Waals surface area contributed by atoms with Crippen LogP contribution in [0, 0.1) is 17.7 Å². The molecule has 0 atom stereocenters. The fourth-order valence-electron chi connectivity index (χ4n) is 2.97. The molecular weight excluding hydrogens is 356 g/mol. The Hall–Kier alpha value is -3.92. The van der Waals surface area contributed by atoms with Crippen LogP contribution in [-0.4, -0.2) is 11.7 Å². The van der Waals surface area contributed by atoms with E-state index in [0.29, 0.717) is 0 Å². The third kappa shape index (κ3) is 5.53. The van der Waals surface area contributed by atoms with Gasteiger partial charge in [-0.05, 0) is 40.8 Å². The number of benzene rings is 3. The number of nitrogens with one attached hydrogen (secondary N) is 2. The number of aryl methyl sites for hydroxylation is 1. The average molecular weight is 380 g/mol. The molecule has 0 amide bonds. The van der Waals surface area contributed by atoms with E-state index in [4.69, 9.17) is 22.3 Å². The molecule has 4 heteroatoms. The van der Waals surface area contributed by atoms with Crippen LogP contribution in [0.1, 0.15) is 38.9 Å². The van der Waals surface area contributed by atoms with Crippen LogP contribution >= 0.6 is 0 Å². The summed E-state index contributed by atoms with van der Waals surface area (Å²) in [6, 6.07) is 21.6. The largest absolute Gasteiger partial charge is 0.384 e. The molecule has 0 aromatic heterocycles. The first-order valence-electron chi connectivity index (χ1n) is 9.27. The van der Waals surface area contributed by atoms with E-state index in [-0.39, 0.29) is 11.7 Å². The van der Waals surface area contributed by atoms with Gasteiger partial charge in [-0.3, -0.25) is 10.8 Å². The molecule has 0 heterocycles. The van der Waals surface area contributed by atoms with E-state index in [1.807, 2.05) is 60.7 Å². The highest BCUT2D eigenvalue weighted by Gasteiger charge is 1.98. The summed E-state index contributed by atoms with van der Waals surface area (Å²) in [5, 5.41) is 14.9. The number of nitrogens with two attached hydrogens (primary N) is 2. The molecule has 4 nitrogen and oxygen atoms in total. The summed E-state index contributed by atoms with van der Waals surface area (Å²) in [7, 11) is 0. The van der Waals surface area contributed by atoms with Crippen molar-refractivity contribution in [2.45, 2.75) is 6.92 Å². The Morgan fingerprint density at radius 1 is 0.586 bits per heavy atom. The molecule has 0 saturated heterocycles. The summed E-state index contributed by atoms with van der Waals surface area (Å²) >= 11 is 0. The summed E-state index contributed by atoms with van der Waals surface area (Å²) < 4.78 is 0. The minimum Gasteiger partial charge on any atom is -0.384 e. The zero-order valence-corrected chi connectivity index (χ0v) is 16.3. The highest BCUT2D eigenvalue weighted by atomic mass is 14.7. The van der Waals surface area contributed by atoms with Crippen LogP contribution in [0.5, 0.6) is 0 Å². The summed E-state index contributed by atoms with van der Waals surface area (Å²) in [5.74, 6) is 0.151. The monoisotopic (exact) mass is 380 g/mol. The van der Waals surface area contributed by atoms with Gasteiger partial charge in [0.1, 0.15) is 11.7 Å². The molecule has 0 aliphatic carbocycles. The van der Waals surface area contributed by atoms with Gasteiger partial charge in [-0.2, -0.15) is 0 Å². The molecule has 3 aromatic rings. The quantitative estimate of drug-likeness (QED) is 0.278. The minimum absolute atomic E-state index is 0.0755. The van der Waals surface area contributed by atoms with Gasteiger partial charge in [0.2, 0.25) is 0 Å². The van der Waals surface area contributed by atoms with Crippen molar-refractivity contribution in [3.05, 3.63) is 106 Å². The Kier molecular flexibility index (Phi) is 6.05. The van der Waals surface area contributed by atoms with Crippen molar-refractivity contribution < 1.29 is 0 Å². The average Bonchev–Trinajstić information content (AvgIpc) is 2.71. The van der Waals surface area contributed by atoms with Gasteiger partial charge in [-0.1, -0.05) is 85.0 Å². The van der Waals surface area contributed by atoms with Crippen molar-refractivity contribution in [3.63, 3.8) is 0 Å². The van der Waals surface area contributed by atoms with Gasteiger partial charge in [0.05, 0.1) is 0 Å². The second kappa shape index (κ2) is 8.85. The van der Waals surface area contributed by atoms with E-state index >= 15 is 0 Å². The van der Waals surface area contributed by atoms with Crippen LogP contribution in [-0.2, 0) is 0 Å². The second-order valence-electron chi connectivity index (χ2n) is 6.92. The Morgan fingerprint density at radius 3 is 1.28 bits per heavy atom. The van der Waals surface area contributed by atoms with Gasteiger partial charge in [0.25, 0.3) is 0 Å². The maximum atomic E-state index is 7.46. The molecule has 0 unspecified atom stereocenters. The van der Waals surface area contributed by atoms with Gasteiger partial charge < -0.3 is 11.5 Å². The molecule has 0 radical (unpaired) electrons. The number of amidine groups is 2. The molecule has 3 rings (SSSR count). The number of hydrogen-bond acceptors (Lipinski definition) is 2. The maximum Gasteiger partial charge on any atom is 0.122 e. The van der Waals surface area contributed by atoms with Crippen molar-refractivity contribution >= 4 is 36.0 Å². The fourth-order valence-corrected chi connectivity index (χ4v) is 2.97. The molecule has 0 spiro atoms. The molecule has 29 heavy (non-hydrogen) atoms. The van der Waals surface area contributed by atoms with Gasteiger partial charge in [-0.25, -0.2) is 0 Å². The molecule has 0 aliphatic rings. The van der Waals surface area contributed by atoms with E-state index in [1.54, 1.807) is 0 Å². The van der Waals surface area contributed by atoms with Crippen LogP contribution < -0.4 is 11.5 Å². The SMILES string of the molecule is Cc1cc(/C=C/c2ccc(C(=N)N)cc2)cc(/C=C/c2ccc(C(=N)N)cc2)c1.